The number of hydrogen-bond donors (Lipinski definition) is 2. The zero-order valence-electron chi connectivity index (χ0n) is 11.2. The molecule has 0 unspecified atom stereocenters. The summed E-state index contributed by atoms with van der Waals surface area (Å²) in [6.07, 6.45) is 0. The maximum absolute atomic E-state index is 13.6. The van der Waals surface area contributed by atoms with Crippen molar-refractivity contribution in [3.05, 3.63) is 29.0 Å². The topological polar surface area (TPSA) is 66.9 Å². The Kier molecular flexibility index (Phi) is 5.38. The number of halogens is 2. The van der Waals surface area contributed by atoms with Gasteiger partial charge in [-0.05, 0) is 25.1 Å². The zero-order chi connectivity index (χ0) is 15.4. The van der Waals surface area contributed by atoms with Gasteiger partial charge in [-0.25, -0.2) is 4.39 Å². The number of carbonyl (C=O) groups is 1. The molecule has 0 saturated carbocycles. The normalized spacial score (nSPS) is 12.0. The zero-order valence-corrected chi connectivity index (χ0v) is 13.6. The Hall–Kier alpha value is -1.38. The molecular formula is C12H12ClFN4OS2. The van der Waals surface area contributed by atoms with Crippen LogP contribution in [0.2, 0.25) is 5.02 Å². The molecule has 9 heteroatoms. The molecule has 0 fully saturated rings. The molecule has 1 atom stereocenters. The summed E-state index contributed by atoms with van der Waals surface area (Å²) >= 11 is 8.27. The molecule has 0 aliphatic rings. The van der Waals surface area contributed by atoms with Crippen LogP contribution in [0.3, 0.4) is 0 Å². The van der Waals surface area contributed by atoms with Crippen molar-refractivity contribution in [2.45, 2.75) is 16.5 Å². The lowest BCUT2D eigenvalue weighted by Gasteiger charge is -2.11. The molecule has 0 spiro atoms. The van der Waals surface area contributed by atoms with E-state index in [2.05, 4.69) is 20.8 Å². The van der Waals surface area contributed by atoms with Crippen LogP contribution in [-0.4, -0.2) is 28.4 Å². The van der Waals surface area contributed by atoms with Crippen LogP contribution in [0.25, 0.3) is 0 Å². The van der Waals surface area contributed by atoms with Gasteiger partial charge in [0.15, 0.2) is 4.34 Å². The van der Waals surface area contributed by atoms with Crippen LogP contribution in [0.4, 0.5) is 15.2 Å². The number of benzene rings is 1. The molecule has 0 aliphatic carbocycles. The predicted molar refractivity (Wildman–Crippen MR) is 84.8 cm³/mol. The maximum Gasteiger partial charge on any atom is 0.237 e. The summed E-state index contributed by atoms with van der Waals surface area (Å²) in [7, 11) is 1.74. The molecule has 21 heavy (non-hydrogen) atoms. The lowest BCUT2D eigenvalue weighted by Crippen LogP contribution is -2.22. The number of rotatable bonds is 5. The summed E-state index contributed by atoms with van der Waals surface area (Å²) < 4.78 is 14.3. The van der Waals surface area contributed by atoms with Gasteiger partial charge in [-0.3, -0.25) is 4.79 Å². The average molecular weight is 347 g/mol. The van der Waals surface area contributed by atoms with Gasteiger partial charge in [-0.15, -0.1) is 10.2 Å². The van der Waals surface area contributed by atoms with Crippen molar-refractivity contribution in [1.29, 1.82) is 0 Å². The Morgan fingerprint density at radius 2 is 2.24 bits per heavy atom. The van der Waals surface area contributed by atoms with E-state index in [0.29, 0.717) is 9.47 Å². The Labute approximate surface area is 134 Å². The van der Waals surface area contributed by atoms with Gasteiger partial charge >= 0.3 is 0 Å². The molecule has 1 amide bonds. The molecule has 2 N–H and O–H groups in total. The number of aromatic nitrogens is 2. The molecule has 1 aromatic carbocycles. The fourth-order valence-corrected chi connectivity index (χ4v) is 3.40. The Bertz CT molecular complexity index is 652. The number of carbonyl (C=O) groups excluding carboxylic acids is 1. The van der Waals surface area contributed by atoms with E-state index in [1.807, 2.05) is 0 Å². The molecule has 112 valence electrons. The second-order valence-corrected chi connectivity index (χ2v) is 7.00. The third-order valence-electron chi connectivity index (χ3n) is 2.46. The first-order chi connectivity index (χ1) is 9.99. The largest absolute Gasteiger partial charge is 0.363 e. The SMILES string of the molecule is CNc1nnc(S[C@H](C)C(=O)Nc2ccc(Cl)cc2F)s1. The smallest absolute Gasteiger partial charge is 0.237 e. The number of nitrogens with one attached hydrogen (secondary N) is 2. The molecule has 1 aromatic heterocycles. The number of anilines is 2. The lowest BCUT2D eigenvalue weighted by molar-refractivity contribution is -0.115. The van der Waals surface area contributed by atoms with Crippen LogP contribution in [-0.2, 0) is 4.79 Å². The van der Waals surface area contributed by atoms with Crippen LogP contribution in [0.1, 0.15) is 6.92 Å². The summed E-state index contributed by atoms with van der Waals surface area (Å²) in [6, 6.07) is 4.10. The van der Waals surface area contributed by atoms with Crippen molar-refractivity contribution in [2.75, 3.05) is 17.7 Å². The number of nitrogens with zero attached hydrogens (tertiary/aromatic N) is 2. The highest BCUT2D eigenvalue weighted by Crippen LogP contribution is 2.29. The third-order valence-corrected chi connectivity index (χ3v) is 4.82. The first-order valence-electron chi connectivity index (χ1n) is 5.93. The van der Waals surface area contributed by atoms with E-state index in [-0.39, 0.29) is 16.6 Å². The lowest BCUT2D eigenvalue weighted by atomic mass is 10.3. The average Bonchev–Trinajstić information content (AvgIpc) is 2.89. The van der Waals surface area contributed by atoms with Gasteiger partial charge < -0.3 is 10.6 Å². The van der Waals surface area contributed by atoms with Crippen molar-refractivity contribution in [1.82, 2.24) is 10.2 Å². The summed E-state index contributed by atoms with van der Waals surface area (Å²) in [5.41, 5.74) is 0.102. The molecule has 0 radical (unpaired) electrons. The molecular weight excluding hydrogens is 335 g/mol. The summed E-state index contributed by atoms with van der Waals surface area (Å²) in [5, 5.41) is 13.7. The predicted octanol–water partition coefficient (Wildman–Crippen LogP) is 3.49. The quantitative estimate of drug-likeness (QED) is 0.811. The van der Waals surface area contributed by atoms with Gasteiger partial charge in [-0.1, -0.05) is 34.7 Å². The van der Waals surface area contributed by atoms with Gasteiger partial charge in [0.05, 0.1) is 10.9 Å². The molecule has 0 saturated heterocycles. The van der Waals surface area contributed by atoms with Gasteiger partial charge in [0.25, 0.3) is 0 Å². The molecule has 0 aliphatic heterocycles. The van der Waals surface area contributed by atoms with Crippen LogP contribution in [0, 0.1) is 5.82 Å². The summed E-state index contributed by atoms with van der Waals surface area (Å²) in [6.45, 7) is 1.72. The fourth-order valence-electron chi connectivity index (χ4n) is 1.39. The molecule has 0 bridgehead atoms. The number of amides is 1. The van der Waals surface area contributed by atoms with E-state index in [1.54, 1.807) is 14.0 Å². The van der Waals surface area contributed by atoms with E-state index < -0.39 is 11.1 Å². The standard InChI is InChI=1S/C12H12ClFN4OS2/c1-6(20-12-18-17-11(15-2)21-12)10(19)16-9-4-3-7(13)5-8(9)14/h3-6H,1-2H3,(H,15,17)(H,16,19)/t6-/m1/s1. The van der Waals surface area contributed by atoms with E-state index in [4.69, 9.17) is 11.6 Å². The van der Waals surface area contributed by atoms with Crippen LogP contribution in [0.15, 0.2) is 22.5 Å². The number of hydrogen-bond acceptors (Lipinski definition) is 6. The maximum atomic E-state index is 13.6. The first-order valence-corrected chi connectivity index (χ1v) is 8.01. The minimum Gasteiger partial charge on any atom is -0.363 e. The van der Waals surface area contributed by atoms with E-state index in [1.165, 1.54) is 35.2 Å². The van der Waals surface area contributed by atoms with Gasteiger partial charge in [-0.2, -0.15) is 0 Å². The van der Waals surface area contributed by atoms with Crippen molar-refractivity contribution in [3.63, 3.8) is 0 Å². The van der Waals surface area contributed by atoms with Crippen molar-refractivity contribution in [3.8, 4) is 0 Å². The highest BCUT2D eigenvalue weighted by molar-refractivity contribution is 8.02. The third kappa shape index (κ3) is 4.29. The van der Waals surface area contributed by atoms with Crippen LogP contribution in [0.5, 0.6) is 0 Å². The Morgan fingerprint density at radius 3 is 2.86 bits per heavy atom. The van der Waals surface area contributed by atoms with Crippen molar-refractivity contribution >= 4 is 51.4 Å². The van der Waals surface area contributed by atoms with Crippen molar-refractivity contribution < 1.29 is 9.18 Å². The van der Waals surface area contributed by atoms with E-state index in [9.17, 15) is 9.18 Å². The second-order valence-electron chi connectivity index (χ2n) is 4.00. The molecule has 2 aromatic rings. The summed E-state index contributed by atoms with van der Waals surface area (Å²) in [5.74, 6) is -0.885. The molecule has 2 rings (SSSR count). The second kappa shape index (κ2) is 7.06. The van der Waals surface area contributed by atoms with Crippen LogP contribution < -0.4 is 10.6 Å². The van der Waals surface area contributed by atoms with Gasteiger partial charge in [0, 0.05) is 12.1 Å². The number of thioether (sulfide) groups is 1. The van der Waals surface area contributed by atoms with E-state index >= 15 is 0 Å². The van der Waals surface area contributed by atoms with E-state index in [0.717, 1.165) is 6.07 Å². The highest BCUT2D eigenvalue weighted by atomic mass is 35.5. The first kappa shape index (κ1) is 16.0. The van der Waals surface area contributed by atoms with Gasteiger partial charge in [0.2, 0.25) is 11.0 Å². The minimum atomic E-state index is -0.568. The van der Waals surface area contributed by atoms with Crippen LogP contribution >= 0.6 is 34.7 Å². The minimum absolute atomic E-state index is 0.102. The van der Waals surface area contributed by atoms with Crippen molar-refractivity contribution in [2.24, 2.45) is 0 Å². The highest BCUT2D eigenvalue weighted by Gasteiger charge is 2.18. The summed E-state index contributed by atoms with van der Waals surface area (Å²) in [4.78, 5) is 12.0. The fraction of sp³-hybridized carbons (Fsp3) is 0.250. The Balaban J connectivity index is 1.99. The molecule has 5 nitrogen and oxygen atoms in total. The monoisotopic (exact) mass is 346 g/mol. The Morgan fingerprint density at radius 1 is 1.48 bits per heavy atom. The van der Waals surface area contributed by atoms with Gasteiger partial charge in [0.1, 0.15) is 5.82 Å². The molecule has 1 heterocycles.